The van der Waals surface area contributed by atoms with Crippen LogP contribution in [0.5, 0.6) is 0 Å². The lowest BCUT2D eigenvalue weighted by atomic mass is 10.2. The van der Waals surface area contributed by atoms with Crippen LogP contribution in [0.4, 0.5) is 17.6 Å². The van der Waals surface area contributed by atoms with Crippen molar-refractivity contribution < 1.29 is 0 Å². The molecule has 0 aliphatic carbocycles. The molecule has 1 atom stereocenters. The van der Waals surface area contributed by atoms with Gasteiger partial charge in [-0.25, -0.2) is 0 Å². The molecule has 76 valence electrons. The molecule has 0 aromatic carbocycles. The minimum absolute atomic E-state index is 0.221. The number of aromatic nitrogens is 2. The Labute approximate surface area is 86.7 Å². The van der Waals surface area contributed by atoms with Gasteiger partial charge in [0.05, 0.1) is 0 Å². The molecule has 1 saturated heterocycles. The SMILES string of the molecule is Nc1cc(NC2CCSC2)nc(N)n1. The highest BCUT2D eigenvalue weighted by Crippen LogP contribution is 2.21. The quantitative estimate of drug-likeness (QED) is 0.662. The second-order valence-corrected chi connectivity index (χ2v) is 4.39. The van der Waals surface area contributed by atoms with Gasteiger partial charge in [0.1, 0.15) is 11.6 Å². The van der Waals surface area contributed by atoms with Crippen LogP contribution in [0.2, 0.25) is 0 Å². The van der Waals surface area contributed by atoms with Crippen LogP contribution in [0.15, 0.2) is 6.07 Å². The van der Waals surface area contributed by atoms with Gasteiger partial charge in [-0.2, -0.15) is 21.7 Å². The van der Waals surface area contributed by atoms with Crippen molar-refractivity contribution in [2.75, 3.05) is 28.3 Å². The maximum atomic E-state index is 5.56. The molecule has 14 heavy (non-hydrogen) atoms. The Balaban J connectivity index is 2.07. The first kappa shape index (κ1) is 9.39. The molecule has 1 unspecified atom stereocenters. The van der Waals surface area contributed by atoms with Gasteiger partial charge in [0.25, 0.3) is 0 Å². The smallest absolute Gasteiger partial charge is 0.223 e. The Bertz CT molecular complexity index is 303. The zero-order chi connectivity index (χ0) is 9.97. The molecule has 1 fully saturated rings. The van der Waals surface area contributed by atoms with Crippen molar-refractivity contribution in [2.45, 2.75) is 12.5 Å². The number of thioether (sulfide) groups is 1. The van der Waals surface area contributed by atoms with Crippen molar-refractivity contribution in [3.8, 4) is 0 Å². The minimum atomic E-state index is 0.221. The molecule has 1 aromatic rings. The van der Waals surface area contributed by atoms with E-state index in [1.165, 1.54) is 5.75 Å². The first-order chi connectivity index (χ1) is 6.74. The first-order valence-electron chi connectivity index (χ1n) is 4.48. The fourth-order valence-electron chi connectivity index (χ4n) is 1.42. The highest BCUT2D eigenvalue weighted by molar-refractivity contribution is 7.99. The van der Waals surface area contributed by atoms with Gasteiger partial charge in [-0.15, -0.1) is 0 Å². The third kappa shape index (κ3) is 2.20. The van der Waals surface area contributed by atoms with Crippen molar-refractivity contribution in [2.24, 2.45) is 0 Å². The Morgan fingerprint density at radius 2 is 2.29 bits per heavy atom. The van der Waals surface area contributed by atoms with E-state index in [-0.39, 0.29) is 5.95 Å². The van der Waals surface area contributed by atoms with Crippen LogP contribution in [0.3, 0.4) is 0 Å². The van der Waals surface area contributed by atoms with Crippen LogP contribution in [-0.4, -0.2) is 27.5 Å². The van der Waals surface area contributed by atoms with Crippen molar-refractivity contribution >= 4 is 29.3 Å². The third-order valence-corrected chi connectivity index (χ3v) is 3.21. The highest BCUT2D eigenvalue weighted by atomic mass is 32.2. The summed E-state index contributed by atoms with van der Waals surface area (Å²) in [6.45, 7) is 0. The van der Waals surface area contributed by atoms with E-state index < -0.39 is 0 Å². The number of nitrogens with zero attached hydrogens (tertiary/aromatic N) is 2. The average molecular weight is 211 g/mol. The van der Waals surface area contributed by atoms with Crippen LogP contribution in [-0.2, 0) is 0 Å². The molecular weight excluding hydrogens is 198 g/mol. The van der Waals surface area contributed by atoms with E-state index >= 15 is 0 Å². The summed E-state index contributed by atoms with van der Waals surface area (Å²) in [5.74, 6) is 3.67. The van der Waals surface area contributed by atoms with Gasteiger partial charge in [-0.1, -0.05) is 0 Å². The average Bonchev–Trinajstić information content (AvgIpc) is 2.54. The Kier molecular flexibility index (Phi) is 2.62. The van der Waals surface area contributed by atoms with E-state index in [0.717, 1.165) is 18.0 Å². The number of anilines is 3. The predicted octanol–water partition coefficient (Wildman–Crippen LogP) is 0.558. The van der Waals surface area contributed by atoms with Gasteiger partial charge in [0.15, 0.2) is 0 Å². The zero-order valence-corrected chi connectivity index (χ0v) is 8.55. The van der Waals surface area contributed by atoms with E-state index in [4.69, 9.17) is 11.5 Å². The summed E-state index contributed by atoms with van der Waals surface area (Å²) in [7, 11) is 0. The van der Waals surface area contributed by atoms with Gasteiger partial charge < -0.3 is 16.8 Å². The van der Waals surface area contributed by atoms with Gasteiger partial charge in [0.2, 0.25) is 5.95 Å². The molecule has 1 aliphatic rings. The normalized spacial score (nSPS) is 21.0. The van der Waals surface area contributed by atoms with Crippen molar-refractivity contribution in [3.63, 3.8) is 0 Å². The summed E-state index contributed by atoms with van der Waals surface area (Å²) in [6, 6.07) is 2.19. The molecule has 2 rings (SSSR count). The minimum Gasteiger partial charge on any atom is -0.383 e. The molecule has 0 radical (unpaired) electrons. The van der Waals surface area contributed by atoms with E-state index in [9.17, 15) is 0 Å². The summed E-state index contributed by atoms with van der Waals surface area (Å²) in [5.41, 5.74) is 11.0. The van der Waals surface area contributed by atoms with Gasteiger partial charge in [-0.3, -0.25) is 0 Å². The Hall–Kier alpha value is -1.17. The molecule has 0 spiro atoms. The van der Waals surface area contributed by atoms with Crippen LogP contribution in [0, 0.1) is 0 Å². The van der Waals surface area contributed by atoms with Crippen molar-refractivity contribution in [3.05, 3.63) is 6.07 Å². The molecule has 0 amide bonds. The lowest BCUT2D eigenvalue weighted by Crippen LogP contribution is -2.19. The molecule has 2 heterocycles. The first-order valence-corrected chi connectivity index (χ1v) is 5.64. The second kappa shape index (κ2) is 3.91. The second-order valence-electron chi connectivity index (χ2n) is 3.24. The lowest BCUT2D eigenvalue weighted by molar-refractivity contribution is 0.806. The van der Waals surface area contributed by atoms with Crippen LogP contribution < -0.4 is 16.8 Å². The topological polar surface area (TPSA) is 89.8 Å². The number of hydrogen-bond acceptors (Lipinski definition) is 6. The summed E-state index contributed by atoms with van der Waals surface area (Å²) in [6.07, 6.45) is 1.16. The molecule has 6 heteroatoms. The van der Waals surface area contributed by atoms with E-state index in [1.54, 1.807) is 6.07 Å². The third-order valence-electron chi connectivity index (χ3n) is 2.04. The monoisotopic (exact) mass is 211 g/mol. The predicted molar refractivity (Wildman–Crippen MR) is 60.2 cm³/mol. The molecule has 1 aliphatic heterocycles. The zero-order valence-electron chi connectivity index (χ0n) is 7.73. The van der Waals surface area contributed by atoms with Crippen LogP contribution >= 0.6 is 11.8 Å². The number of nitrogens with two attached hydrogens (primary N) is 2. The standard InChI is InChI=1S/C8H13N5S/c9-6-3-7(13-8(10)12-6)11-5-1-2-14-4-5/h3,5H,1-2,4H2,(H5,9,10,11,12,13). The van der Waals surface area contributed by atoms with Crippen molar-refractivity contribution in [1.29, 1.82) is 0 Å². The Morgan fingerprint density at radius 3 is 2.93 bits per heavy atom. The van der Waals surface area contributed by atoms with E-state index in [0.29, 0.717) is 11.9 Å². The largest absolute Gasteiger partial charge is 0.383 e. The van der Waals surface area contributed by atoms with Crippen LogP contribution in [0.25, 0.3) is 0 Å². The van der Waals surface area contributed by atoms with Gasteiger partial charge >= 0.3 is 0 Å². The number of nitrogens with one attached hydrogen (secondary N) is 1. The van der Waals surface area contributed by atoms with Gasteiger partial charge in [-0.05, 0) is 12.2 Å². The molecule has 1 aromatic heterocycles. The lowest BCUT2D eigenvalue weighted by Gasteiger charge is -2.12. The highest BCUT2D eigenvalue weighted by Gasteiger charge is 2.15. The van der Waals surface area contributed by atoms with Crippen LogP contribution in [0.1, 0.15) is 6.42 Å². The molecule has 0 bridgehead atoms. The molecule has 5 N–H and O–H groups in total. The number of nitrogen functional groups attached to an aromatic ring is 2. The summed E-state index contributed by atoms with van der Waals surface area (Å²) < 4.78 is 0. The maximum absolute atomic E-state index is 5.56. The summed E-state index contributed by atoms with van der Waals surface area (Å²) in [4.78, 5) is 7.87. The maximum Gasteiger partial charge on any atom is 0.223 e. The van der Waals surface area contributed by atoms with Gasteiger partial charge in [0, 0.05) is 17.9 Å². The van der Waals surface area contributed by atoms with Crippen molar-refractivity contribution in [1.82, 2.24) is 9.97 Å². The summed E-state index contributed by atoms with van der Waals surface area (Å²) >= 11 is 1.94. The number of rotatable bonds is 2. The van der Waals surface area contributed by atoms with E-state index in [2.05, 4.69) is 15.3 Å². The fourth-order valence-corrected chi connectivity index (χ4v) is 2.57. The van der Waals surface area contributed by atoms with E-state index in [1.807, 2.05) is 11.8 Å². The fraction of sp³-hybridized carbons (Fsp3) is 0.500. The molecule has 0 saturated carbocycles. The molecular formula is C8H13N5S. The summed E-state index contributed by atoms with van der Waals surface area (Å²) in [5, 5.41) is 3.29. The molecule has 5 nitrogen and oxygen atoms in total. The number of hydrogen-bond donors (Lipinski definition) is 3. The Morgan fingerprint density at radius 1 is 1.43 bits per heavy atom.